The molecule has 1 aromatic carbocycles. The van der Waals surface area contributed by atoms with E-state index in [1.54, 1.807) is 7.11 Å². The van der Waals surface area contributed by atoms with Gasteiger partial charge in [-0.25, -0.2) is 15.0 Å². The molecule has 7 heteroatoms. The fourth-order valence-corrected chi connectivity index (χ4v) is 2.14. The van der Waals surface area contributed by atoms with Gasteiger partial charge in [-0.15, -0.1) is 0 Å². The van der Waals surface area contributed by atoms with Crippen molar-refractivity contribution in [3.8, 4) is 5.75 Å². The van der Waals surface area contributed by atoms with Crippen LogP contribution in [0.3, 0.4) is 0 Å². The molecule has 0 spiro atoms. The fourth-order valence-electron chi connectivity index (χ4n) is 2.14. The van der Waals surface area contributed by atoms with Gasteiger partial charge in [0.2, 0.25) is 0 Å². The number of rotatable bonds is 5. The van der Waals surface area contributed by atoms with Gasteiger partial charge in [0.1, 0.15) is 23.6 Å². The van der Waals surface area contributed by atoms with Crippen LogP contribution in [0, 0.1) is 6.92 Å². The molecule has 2 heterocycles. The number of nitrogens with zero attached hydrogens (tertiary/aromatic N) is 3. The van der Waals surface area contributed by atoms with Gasteiger partial charge < -0.3 is 21.1 Å². The lowest BCUT2D eigenvalue weighted by Crippen LogP contribution is -2.06. The molecule has 0 aliphatic rings. The molecule has 4 N–H and O–H groups in total. The molecule has 0 atom stereocenters. The average molecular weight is 322 g/mol. The van der Waals surface area contributed by atoms with Gasteiger partial charge in [-0.3, -0.25) is 0 Å². The third-order valence-corrected chi connectivity index (χ3v) is 3.37. The van der Waals surface area contributed by atoms with Crippen molar-refractivity contribution in [3.63, 3.8) is 0 Å². The highest BCUT2D eigenvalue weighted by atomic mass is 16.5. The Morgan fingerprint density at radius 3 is 2.33 bits per heavy atom. The van der Waals surface area contributed by atoms with Crippen LogP contribution in [0.2, 0.25) is 0 Å². The lowest BCUT2D eigenvalue weighted by Gasteiger charge is -2.12. The Morgan fingerprint density at radius 2 is 1.67 bits per heavy atom. The summed E-state index contributed by atoms with van der Waals surface area (Å²) in [6, 6.07) is 13.2. The third kappa shape index (κ3) is 3.52. The highest BCUT2D eigenvalue weighted by Crippen LogP contribution is 2.28. The van der Waals surface area contributed by atoms with Crippen LogP contribution >= 0.6 is 0 Å². The summed E-state index contributed by atoms with van der Waals surface area (Å²) in [6.07, 6.45) is 1.44. The molecule has 0 fully saturated rings. The second-order valence-corrected chi connectivity index (χ2v) is 5.13. The number of nitrogen functional groups attached to an aromatic ring is 1. The number of pyridine rings is 1. The average Bonchev–Trinajstić information content (AvgIpc) is 2.59. The minimum Gasteiger partial charge on any atom is -0.497 e. The maximum atomic E-state index is 6.17. The largest absolute Gasteiger partial charge is 0.497 e. The first-order valence-corrected chi connectivity index (χ1v) is 7.38. The number of aryl methyl sites for hydroxylation is 1. The normalized spacial score (nSPS) is 10.2. The number of anilines is 5. The van der Waals surface area contributed by atoms with Crippen molar-refractivity contribution < 1.29 is 4.74 Å². The van der Waals surface area contributed by atoms with Crippen molar-refractivity contribution in [2.45, 2.75) is 6.92 Å². The molecule has 24 heavy (non-hydrogen) atoms. The van der Waals surface area contributed by atoms with Crippen LogP contribution in [-0.2, 0) is 0 Å². The van der Waals surface area contributed by atoms with Crippen molar-refractivity contribution in [2.24, 2.45) is 0 Å². The van der Waals surface area contributed by atoms with Crippen molar-refractivity contribution in [1.29, 1.82) is 0 Å². The molecule has 3 rings (SSSR count). The third-order valence-electron chi connectivity index (χ3n) is 3.37. The molecule has 0 bridgehead atoms. The molecule has 2 aromatic heterocycles. The smallest absolute Gasteiger partial charge is 0.160 e. The summed E-state index contributed by atoms with van der Waals surface area (Å²) in [5.74, 6) is 2.48. The van der Waals surface area contributed by atoms with E-state index in [1.165, 1.54) is 6.33 Å². The number of nitrogens with one attached hydrogen (secondary N) is 2. The van der Waals surface area contributed by atoms with E-state index in [0.717, 1.165) is 17.1 Å². The molecule has 0 amide bonds. The molecule has 0 aliphatic heterocycles. The maximum absolute atomic E-state index is 6.17. The number of methoxy groups -OCH3 is 1. The van der Waals surface area contributed by atoms with Crippen molar-refractivity contribution in [2.75, 3.05) is 23.5 Å². The van der Waals surface area contributed by atoms with E-state index < -0.39 is 0 Å². The molecule has 0 saturated heterocycles. The van der Waals surface area contributed by atoms with Gasteiger partial charge in [0, 0.05) is 11.4 Å². The standard InChI is InChI=1S/C17H18N6O/c1-11-4-3-5-14(21-11)23-17-15(18)16(19-10-20-17)22-12-6-8-13(24-2)9-7-12/h3-10H,18H2,1-2H3,(H2,19,20,21,22,23). The van der Waals surface area contributed by atoms with Crippen molar-refractivity contribution >= 4 is 28.8 Å². The number of hydrogen-bond acceptors (Lipinski definition) is 7. The Balaban J connectivity index is 1.82. The van der Waals surface area contributed by atoms with E-state index in [9.17, 15) is 0 Å². The van der Waals surface area contributed by atoms with Gasteiger partial charge in [0.25, 0.3) is 0 Å². The number of benzene rings is 1. The monoisotopic (exact) mass is 322 g/mol. The lowest BCUT2D eigenvalue weighted by atomic mass is 10.3. The van der Waals surface area contributed by atoms with Crippen LogP contribution in [0.25, 0.3) is 0 Å². The topological polar surface area (TPSA) is 98.0 Å². The van der Waals surface area contributed by atoms with Gasteiger partial charge in [-0.2, -0.15) is 0 Å². The number of ether oxygens (including phenoxy) is 1. The summed E-state index contributed by atoms with van der Waals surface area (Å²) >= 11 is 0. The van der Waals surface area contributed by atoms with E-state index in [-0.39, 0.29) is 0 Å². The van der Waals surface area contributed by atoms with Gasteiger partial charge in [-0.05, 0) is 43.3 Å². The quantitative estimate of drug-likeness (QED) is 0.663. The number of hydrogen-bond donors (Lipinski definition) is 3. The Bertz CT molecular complexity index is 835. The van der Waals surface area contributed by atoms with Crippen molar-refractivity contribution in [3.05, 3.63) is 54.5 Å². The molecule has 7 nitrogen and oxygen atoms in total. The molecule has 122 valence electrons. The second kappa shape index (κ2) is 6.82. The maximum Gasteiger partial charge on any atom is 0.160 e. The van der Waals surface area contributed by atoms with E-state index in [4.69, 9.17) is 10.5 Å². The lowest BCUT2D eigenvalue weighted by molar-refractivity contribution is 0.415. The Labute approximate surface area is 139 Å². The zero-order valence-corrected chi connectivity index (χ0v) is 13.4. The first-order valence-electron chi connectivity index (χ1n) is 7.38. The van der Waals surface area contributed by atoms with Crippen LogP contribution in [0.1, 0.15) is 5.69 Å². The predicted molar refractivity (Wildman–Crippen MR) is 95.0 cm³/mol. The Morgan fingerprint density at radius 1 is 0.958 bits per heavy atom. The molecule has 0 radical (unpaired) electrons. The van der Waals surface area contributed by atoms with Gasteiger partial charge >= 0.3 is 0 Å². The van der Waals surface area contributed by atoms with Crippen molar-refractivity contribution in [1.82, 2.24) is 15.0 Å². The minimum absolute atomic E-state index is 0.414. The van der Waals surface area contributed by atoms with Gasteiger partial charge in [0.15, 0.2) is 11.6 Å². The molecule has 0 saturated carbocycles. The second-order valence-electron chi connectivity index (χ2n) is 5.13. The number of aromatic nitrogens is 3. The van der Waals surface area contributed by atoms with E-state index in [1.807, 2.05) is 49.4 Å². The van der Waals surface area contributed by atoms with E-state index >= 15 is 0 Å². The summed E-state index contributed by atoms with van der Waals surface area (Å²) in [7, 11) is 1.63. The van der Waals surface area contributed by atoms with Crippen LogP contribution < -0.4 is 21.1 Å². The molecular formula is C17H18N6O. The van der Waals surface area contributed by atoms with Gasteiger partial charge in [0.05, 0.1) is 7.11 Å². The molecular weight excluding hydrogens is 304 g/mol. The van der Waals surface area contributed by atoms with Crippen LogP contribution in [0.15, 0.2) is 48.8 Å². The van der Waals surface area contributed by atoms with Crippen LogP contribution in [-0.4, -0.2) is 22.1 Å². The Hall–Kier alpha value is -3.35. The summed E-state index contributed by atoms with van der Waals surface area (Å²) in [4.78, 5) is 12.8. The van der Waals surface area contributed by atoms with Crippen LogP contribution in [0.5, 0.6) is 5.75 Å². The summed E-state index contributed by atoms with van der Waals surface area (Å²) in [5.41, 5.74) is 8.34. The predicted octanol–water partition coefficient (Wildman–Crippen LogP) is 3.26. The molecule has 0 unspecified atom stereocenters. The highest BCUT2D eigenvalue weighted by molar-refractivity contribution is 5.79. The first-order chi connectivity index (χ1) is 11.7. The summed E-state index contributed by atoms with van der Waals surface area (Å²) in [6.45, 7) is 1.92. The zero-order chi connectivity index (χ0) is 16.9. The molecule has 0 aliphatic carbocycles. The van der Waals surface area contributed by atoms with E-state index in [2.05, 4.69) is 25.6 Å². The van der Waals surface area contributed by atoms with E-state index in [0.29, 0.717) is 23.1 Å². The first kappa shape index (κ1) is 15.5. The highest BCUT2D eigenvalue weighted by Gasteiger charge is 2.09. The minimum atomic E-state index is 0.414. The van der Waals surface area contributed by atoms with Crippen LogP contribution in [0.4, 0.5) is 28.8 Å². The summed E-state index contributed by atoms with van der Waals surface area (Å²) in [5, 5.41) is 6.28. The van der Waals surface area contributed by atoms with Gasteiger partial charge in [-0.1, -0.05) is 6.07 Å². The molecule has 3 aromatic rings. The SMILES string of the molecule is COc1ccc(Nc2ncnc(Nc3cccc(C)n3)c2N)cc1. The number of nitrogens with two attached hydrogens (primary N) is 1. The summed E-state index contributed by atoms with van der Waals surface area (Å²) < 4.78 is 5.14. The fraction of sp³-hybridized carbons (Fsp3) is 0.118. The Kier molecular flexibility index (Phi) is 4.42. The zero-order valence-electron chi connectivity index (χ0n) is 13.4.